The number of amides is 5. The van der Waals surface area contributed by atoms with E-state index in [1.165, 1.54) is 16.7 Å². The number of nitrogens with zero attached hydrogens (tertiary/aromatic N) is 3. The van der Waals surface area contributed by atoms with Crippen molar-refractivity contribution < 1.29 is 52.5 Å². The molecule has 3 aliphatic rings. The standard InChI is InChI=1S/C45H51FN8O11/c1-5-45(62)30-17-35-39-28(23-54(35)41(59)29(30)24-64-42(45)60)27(22-53-11-13-63-14-12-53)26-16-33(31(46)18-32(26)52-39)50-38(57)21-48-40(58)34(15-25-9-7-6-8-10-25)51-37(56)20-47-36(55)19-49-43(61)65-44(2,3)4/h6-10,16-18,34,62H,5,11-15,19-24H2,1-4H3,(H,47,55)(H,48,58)(H,49,61)(H,50,57)(H,51,56)/t34-,45-/m0/s1. The first-order valence-corrected chi connectivity index (χ1v) is 21.2. The van der Waals surface area contributed by atoms with E-state index in [1.807, 2.05) is 0 Å². The lowest BCUT2D eigenvalue weighted by Gasteiger charge is -2.31. The van der Waals surface area contributed by atoms with Crippen LogP contribution in [0.4, 0.5) is 14.9 Å². The van der Waals surface area contributed by atoms with E-state index in [1.54, 1.807) is 64.1 Å². The number of cyclic esters (lactones) is 1. The molecule has 2 aromatic heterocycles. The molecule has 2 atom stereocenters. The third-order valence-electron chi connectivity index (χ3n) is 11.2. The van der Waals surface area contributed by atoms with Gasteiger partial charge in [0, 0.05) is 48.6 Å². The van der Waals surface area contributed by atoms with Crippen LogP contribution in [0.25, 0.3) is 22.3 Å². The largest absolute Gasteiger partial charge is 0.458 e. The van der Waals surface area contributed by atoms with Crippen LogP contribution >= 0.6 is 0 Å². The number of esters is 1. The van der Waals surface area contributed by atoms with Crippen LogP contribution in [0.15, 0.2) is 53.3 Å². The number of pyridine rings is 2. The molecule has 0 spiro atoms. The molecular weight excluding hydrogens is 848 g/mol. The number of aliphatic hydroxyl groups is 1. The minimum atomic E-state index is -2.03. The number of benzene rings is 2. The van der Waals surface area contributed by atoms with Crippen molar-refractivity contribution in [2.24, 2.45) is 0 Å². The maximum atomic E-state index is 16.0. The van der Waals surface area contributed by atoms with Crippen LogP contribution in [0, 0.1) is 5.82 Å². The van der Waals surface area contributed by atoms with E-state index >= 15 is 4.39 Å². The van der Waals surface area contributed by atoms with Crippen LogP contribution in [-0.2, 0) is 69.9 Å². The molecule has 0 bridgehead atoms. The van der Waals surface area contributed by atoms with E-state index in [0.717, 1.165) is 5.56 Å². The van der Waals surface area contributed by atoms with Gasteiger partial charge in [-0.25, -0.2) is 19.0 Å². The molecule has 1 saturated heterocycles. The van der Waals surface area contributed by atoms with Crippen molar-refractivity contribution in [3.63, 3.8) is 0 Å². The number of hydrogen-bond acceptors (Lipinski definition) is 13. The Balaban J connectivity index is 1.08. The molecule has 4 aromatic rings. The maximum absolute atomic E-state index is 16.0. The van der Waals surface area contributed by atoms with Crippen molar-refractivity contribution >= 4 is 52.3 Å². The maximum Gasteiger partial charge on any atom is 0.408 e. The van der Waals surface area contributed by atoms with E-state index in [4.69, 9.17) is 19.2 Å². The highest BCUT2D eigenvalue weighted by Crippen LogP contribution is 2.41. The van der Waals surface area contributed by atoms with Crippen molar-refractivity contribution in [2.75, 3.05) is 51.3 Å². The van der Waals surface area contributed by atoms with Crippen molar-refractivity contribution in [3.8, 4) is 11.4 Å². The summed E-state index contributed by atoms with van der Waals surface area (Å²) in [5.74, 6) is -4.59. The molecule has 344 valence electrons. The lowest BCUT2D eigenvalue weighted by atomic mass is 9.86. The number of halogens is 1. The number of nitrogens with one attached hydrogen (secondary N) is 5. The summed E-state index contributed by atoms with van der Waals surface area (Å²) in [6.45, 7) is 7.36. The van der Waals surface area contributed by atoms with Crippen molar-refractivity contribution in [3.05, 3.63) is 92.5 Å². The number of carbonyl (C=O) groups excluding carboxylic acids is 6. The zero-order chi connectivity index (χ0) is 46.6. The molecule has 0 unspecified atom stereocenters. The van der Waals surface area contributed by atoms with Crippen molar-refractivity contribution in [2.45, 2.75) is 77.5 Å². The van der Waals surface area contributed by atoms with Crippen LogP contribution in [-0.4, -0.2) is 113 Å². The Hall–Kier alpha value is -6.77. The molecule has 7 rings (SSSR count). The summed E-state index contributed by atoms with van der Waals surface area (Å²) in [5, 5.41) is 24.1. The molecule has 3 aliphatic heterocycles. The van der Waals surface area contributed by atoms with Gasteiger partial charge < -0.3 is 50.5 Å². The number of carbonyl (C=O) groups is 6. The zero-order valence-electron chi connectivity index (χ0n) is 36.4. The van der Waals surface area contributed by atoms with Crippen molar-refractivity contribution in [1.29, 1.82) is 0 Å². The Bertz CT molecular complexity index is 2610. The predicted molar refractivity (Wildman–Crippen MR) is 232 cm³/mol. The van der Waals surface area contributed by atoms with Crippen LogP contribution in [0.3, 0.4) is 0 Å². The summed E-state index contributed by atoms with van der Waals surface area (Å²) in [7, 11) is 0. The first-order chi connectivity index (χ1) is 30.9. The Kier molecular flexibility index (Phi) is 13.6. The number of morpholine rings is 1. The summed E-state index contributed by atoms with van der Waals surface area (Å²) in [4.78, 5) is 97.6. The minimum Gasteiger partial charge on any atom is -0.458 e. The summed E-state index contributed by atoms with van der Waals surface area (Å²) in [6.07, 6.45) is -0.817. The number of anilines is 1. The van der Waals surface area contributed by atoms with Gasteiger partial charge in [0.15, 0.2) is 5.60 Å². The average Bonchev–Trinajstić information content (AvgIpc) is 3.64. The number of hydrogen-bond donors (Lipinski definition) is 6. The summed E-state index contributed by atoms with van der Waals surface area (Å²) in [6, 6.07) is 11.8. The third kappa shape index (κ3) is 10.5. The van der Waals surface area contributed by atoms with Gasteiger partial charge in [-0.1, -0.05) is 37.3 Å². The van der Waals surface area contributed by atoms with E-state index in [9.17, 15) is 38.7 Å². The first kappa shape index (κ1) is 46.2. The van der Waals surface area contributed by atoms with Gasteiger partial charge in [-0.05, 0) is 50.5 Å². The van der Waals surface area contributed by atoms with Crippen LogP contribution in [0.1, 0.15) is 61.9 Å². The molecule has 5 heterocycles. The normalized spacial score (nSPS) is 17.2. The quantitative estimate of drug-likeness (QED) is 0.0866. The van der Waals surface area contributed by atoms with Gasteiger partial charge in [0.2, 0.25) is 23.6 Å². The lowest BCUT2D eigenvalue weighted by molar-refractivity contribution is -0.172. The van der Waals surface area contributed by atoms with E-state index in [-0.39, 0.29) is 48.3 Å². The molecule has 20 heteroatoms. The monoisotopic (exact) mass is 898 g/mol. The van der Waals surface area contributed by atoms with Gasteiger partial charge in [-0.3, -0.25) is 28.9 Å². The highest BCUT2D eigenvalue weighted by Gasteiger charge is 2.45. The van der Waals surface area contributed by atoms with Crippen molar-refractivity contribution in [1.82, 2.24) is 35.7 Å². The van der Waals surface area contributed by atoms with E-state index in [0.29, 0.717) is 60.7 Å². The molecule has 1 fully saturated rings. The summed E-state index contributed by atoms with van der Waals surface area (Å²) in [5.41, 5.74) is -0.0507. The van der Waals surface area contributed by atoms with Gasteiger partial charge >= 0.3 is 12.1 Å². The number of rotatable bonds is 14. The van der Waals surface area contributed by atoms with Gasteiger partial charge in [-0.15, -0.1) is 0 Å². The Morgan fingerprint density at radius 3 is 2.35 bits per heavy atom. The predicted octanol–water partition coefficient (Wildman–Crippen LogP) is 1.47. The second-order valence-electron chi connectivity index (χ2n) is 17.0. The fraction of sp³-hybridized carbons (Fsp3) is 0.422. The zero-order valence-corrected chi connectivity index (χ0v) is 36.4. The fourth-order valence-electron chi connectivity index (χ4n) is 7.94. The molecule has 6 N–H and O–H groups in total. The van der Waals surface area contributed by atoms with Gasteiger partial charge in [0.05, 0.1) is 61.0 Å². The van der Waals surface area contributed by atoms with Crippen LogP contribution in [0.5, 0.6) is 0 Å². The second kappa shape index (κ2) is 19.1. The highest BCUT2D eigenvalue weighted by atomic mass is 19.1. The average molecular weight is 899 g/mol. The SMILES string of the molecule is CC[C@@]1(O)C(=O)OCc2c1cc1n(c2=O)Cc2c-1nc1cc(F)c(NC(=O)CNC(=O)[C@H](Cc3ccccc3)NC(=O)CNC(=O)CNC(=O)OC(C)(C)C)cc1c2CN1CCOCC1. The fourth-order valence-corrected chi connectivity index (χ4v) is 7.94. The molecule has 0 saturated carbocycles. The molecule has 65 heavy (non-hydrogen) atoms. The minimum absolute atomic E-state index is 0.0285. The third-order valence-corrected chi connectivity index (χ3v) is 11.2. The van der Waals surface area contributed by atoms with Crippen LogP contribution in [0.2, 0.25) is 0 Å². The summed E-state index contributed by atoms with van der Waals surface area (Å²) < 4.78 is 33.4. The van der Waals surface area contributed by atoms with Gasteiger partial charge in [0.1, 0.15) is 30.6 Å². The van der Waals surface area contributed by atoms with E-state index in [2.05, 4.69) is 31.5 Å². The highest BCUT2D eigenvalue weighted by molar-refractivity contribution is 5.99. The van der Waals surface area contributed by atoms with Crippen LogP contribution < -0.4 is 32.1 Å². The Labute approximate surface area is 372 Å². The smallest absolute Gasteiger partial charge is 0.408 e. The summed E-state index contributed by atoms with van der Waals surface area (Å²) >= 11 is 0. The number of ether oxygens (including phenoxy) is 3. The first-order valence-electron chi connectivity index (χ1n) is 21.2. The number of alkyl carbamates (subject to hydrolysis) is 1. The van der Waals surface area contributed by atoms with Gasteiger partial charge in [-0.2, -0.15) is 0 Å². The van der Waals surface area contributed by atoms with Gasteiger partial charge in [0.25, 0.3) is 5.56 Å². The molecule has 0 aliphatic carbocycles. The molecule has 0 radical (unpaired) electrons. The molecule has 5 amide bonds. The molecule has 19 nitrogen and oxygen atoms in total. The second-order valence-corrected chi connectivity index (χ2v) is 17.0. The number of fused-ring (bicyclic) bond motifs is 5. The molecule has 2 aromatic carbocycles. The van der Waals surface area contributed by atoms with E-state index < -0.39 is 83.9 Å². The Morgan fingerprint density at radius 2 is 1.65 bits per heavy atom. The number of aromatic nitrogens is 2. The lowest BCUT2D eigenvalue weighted by Crippen LogP contribution is -2.52. The Morgan fingerprint density at radius 1 is 0.938 bits per heavy atom. The molecular formula is C45H51FN8O11. The topological polar surface area (TPSA) is 249 Å².